The summed E-state index contributed by atoms with van der Waals surface area (Å²) in [5.41, 5.74) is 4.10. The topological polar surface area (TPSA) is 63.2 Å². The van der Waals surface area contributed by atoms with Crippen molar-refractivity contribution in [2.45, 2.75) is 11.5 Å². The van der Waals surface area contributed by atoms with E-state index >= 15 is 0 Å². The zero-order valence-corrected chi connectivity index (χ0v) is 22.6. The molecule has 1 aromatic heterocycles. The monoisotopic (exact) mass is 571 g/mol. The van der Waals surface area contributed by atoms with Gasteiger partial charge >= 0.3 is 0 Å². The second-order valence-electron chi connectivity index (χ2n) is 10.7. The molecule has 4 aromatic carbocycles. The van der Waals surface area contributed by atoms with E-state index < -0.39 is 16.9 Å². The highest BCUT2D eigenvalue weighted by Crippen LogP contribution is 2.69. The van der Waals surface area contributed by atoms with Crippen molar-refractivity contribution in [2.75, 3.05) is 13.6 Å². The number of para-hydroxylation sites is 2. The van der Waals surface area contributed by atoms with Crippen molar-refractivity contribution in [2.24, 2.45) is 5.41 Å². The van der Waals surface area contributed by atoms with Gasteiger partial charge in [0.05, 0.1) is 22.4 Å². The number of likely N-dealkylation sites (N-methyl/N-ethyl adjacent to an activating group) is 1. The molecule has 3 aliphatic rings. The lowest BCUT2D eigenvalue weighted by Gasteiger charge is -2.44. The number of benzene rings is 4. The highest BCUT2D eigenvalue weighted by atomic mass is 79.9. The van der Waals surface area contributed by atoms with Gasteiger partial charge < -0.3 is 0 Å². The molecule has 1 saturated heterocycles. The van der Waals surface area contributed by atoms with Gasteiger partial charge in [-0.15, -0.1) is 0 Å². The van der Waals surface area contributed by atoms with E-state index in [0.29, 0.717) is 23.4 Å². The van der Waals surface area contributed by atoms with Crippen LogP contribution in [0.5, 0.6) is 0 Å². The average molecular weight is 572 g/mol. The maximum Gasteiger partial charge on any atom is 0.180 e. The van der Waals surface area contributed by atoms with Gasteiger partial charge in [0.15, 0.2) is 11.6 Å². The predicted octanol–water partition coefficient (Wildman–Crippen LogP) is 6.41. The Balaban J connectivity index is 1.55. The van der Waals surface area contributed by atoms with Crippen molar-refractivity contribution in [3.05, 3.63) is 129 Å². The number of carbonyl (C=O) groups excluding carboxylic acids is 2. The number of Topliss-reactive ketones (excluding diaryl/α,β-unsaturated/α-hetero) is 2. The Morgan fingerprint density at radius 2 is 1.38 bits per heavy atom. The molecule has 2 spiro atoms. The number of hydrogen-bond acceptors (Lipinski definition) is 5. The number of fused-ring (bicyclic) bond motifs is 8. The highest BCUT2D eigenvalue weighted by molar-refractivity contribution is 9.10. The first-order chi connectivity index (χ1) is 19.0. The summed E-state index contributed by atoms with van der Waals surface area (Å²) in [5.74, 6) is -0.690. The molecule has 6 heteroatoms. The van der Waals surface area contributed by atoms with Crippen LogP contribution in [0.4, 0.5) is 0 Å². The number of ketones is 2. The van der Waals surface area contributed by atoms with Crippen LogP contribution in [0, 0.1) is 5.41 Å². The summed E-state index contributed by atoms with van der Waals surface area (Å²) in [7, 11) is 2.02. The SMILES string of the molecule is CN1C[C@H](c2cccc(Br)c2)C2(C(=O)c3ccccc3C2=O)[C@@]12c1ccccc1-c1nc3ccccc3nc12. The molecule has 188 valence electrons. The first-order valence-corrected chi connectivity index (χ1v) is 13.8. The van der Waals surface area contributed by atoms with Crippen LogP contribution in [0.3, 0.4) is 0 Å². The summed E-state index contributed by atoms with van der Waals surface area (Å²) in [6.07, 6.45) is 0. The van der Waals surface area contributed by atoms with Gasteiger partial charge in [-0.2, -0.15) is 0 Å². The third-order valence-electron chi connectivity index (χ3n) is 8.99. The molecule has 1 aliphatic heterocycles. The van der Waals surface area contributed by atoms with Crippen LogP contribution in [0.2, 0.25) is 0 Å². The van der Waals surface area contributed by atoms with E-state index in [1.807, 2.05) is 85.9 Å². The number of likely N-dealkylation sites (tertiary alicyclic amines) is 1. The Bertz CT molecular complexity index is 1860. The predicted molar refractivity (Wildman–Crippen MR) is 153 cm³/mol. The minimum absolute atomic E-state index is 0.143. The number of aromatic nitrogens is 2. The van der Waals surface area contributed by atoms with Crippen molar-refractivity contribution < 1.29 is 9.59 Å². The molecule has 0 saturated carbocycles. The van der Waals surface area contributed by atoms with Gasteiger partial charge in [0.1, 0.15) is 11.0 Å². The minimum Gasteiger partial charge on any atom is -0.293 e. The van der Waals surface area contributed by atoms with Crippen LogP contribution >= 0.6 is 15.9 Å². The molecule has 5 nitrogen and oxygen atoms in total. The van der Waals surface area contributed by atoms with E-state index in [0.717, 1.165) is 37.9 Å². The molecular weight excluding hydrogens is 550 g/mol. The van der Waals surface area contributed by atoms with E-state index in [1.165, 1.54) is 0 Å². The van der Waals surface area contributed by atoms with Crippen molar-refractivity contribution in [1.29, 1.82) is 0 Å². The van der Waals surface area contributed by atoms with Gasteiger partial charge in [-0.05, 0) is 42.4 Å². The fourth-order valence-corrected chi connectivity index (χ4v) is 8.01. The molecule has 0 unspecified atom stereocenters. The standard InChI is InChI=1S/C33H22BrN3O2/c1-37-18-25(19-9-8-10-20(34)17-19)32(30(38)21-11-2-3-12-22(21)31(32)39)33(37)24-14-5-4-13-23(24)28-29(33)36-27-16-7-6-15-26(27)35-28/h2-17,25H,18H2,1H3/t25-,33+/m1/s1. The Morgan fingerprint density at radius 3 is 2.08 bits per heavy atom. The highest BCUT2D eigenvalue weighted by Gasteiger charge is 2.77. The first-order valence-electron chi connectivity index (χ1n) is 13.0. The summed E-state index contributed by atoms with van der Waals surface area (Å²) in [6, 6.07) is 31.1. The molecular formula is C33H22BrN3O2. The summed E-state index contributed by atoms with van der Waals surface area (Å²) in [5, 5.41) is 0. The summed E-state index contributed by atoms with van der Waals surface area (Å²) in [6.45, 7) is 0.504. The van der Waals surface area contributed by atoms with E-state index in [1.54, 1.807) is 12.1 Å². The third kappa shape index (κ3) is 2.59. The normalized spacial score (nSPS) is 22.6. The number of hydrogen-bond donors (Lipinski definition) is 0. The number of nitrogens with zero attached hydrogens (tertiary/aromatic N) is 3. The zero-order valence-electron chi connectivity index (χ0n) is 21.1. The van der Waals surface area contributed by atoms with Crippen LogP contribution in [0.25, 0.3) is 22.3 Å². The van der Waals surface area contributed by atoms with E-state index in [-0.39, 0.29) is 11.6 Å². The molecule has 0 radical (unpaired) electrons. The lowest BCUT2D eigenvalue weighted by Crippen LogP contribution is -2.56. The van der Waals surface area contributed by atoms with Gasteiger partial charge in [0.2, 0.25) is 0 Å². The fraction of sp³-hybridized carbons (Fsp3) is 0.152. The molecule has 2 atom stereocenters. The van der Waals surface area contributed by atoms with Crippen LogP contribution in [-0.2, 0) is 5.54 Å². The lowest BCUT2D eigenvalue weighted by atomic mass is 9.58. The zero-order chi connectivity index (χ0) is 26.5. The van der Waals surface area contributed by atoms with Gasteiger partial charge in [-0.25, -0.2) is 9.97 Å². The molecule has 2 heterocycles. The number of carbonyl (C=O) groups is 2. The van der Waals surface area contributed by atoms with Crippen LogP contribution in [-0.4, -0.2) is 40.0 Å². The Morgan fingerprint density at radius 1 is 0.769 bits per heavy atom. The summed E-state index contributed by atoms with van der Waals surface area (Å²) >= 11 is 3.63. The van der Waals surface area contributed by atoms with E-state index in [4.69, 9.17) is 9.97 Å². The number of halogens is 1. The maximum atomic E-state index is 15.0. The number of rotatable bonds is 1. The minimum atomic E-state index is -1.45. The molecule has 5 aromatic rings. The van der Waals surface area contributed by atoms with Crippen molar-refractivity contribution >= 4 is 38.5 Å². The molecule has 1 fully saturated rings. The quantitative estimate of drug-likeness (QED) is 0.217. The maximum absolute atomic E-state index is 15.0. The van der Waals surface area contributed by atoms with Crippen molar-refractivity contribution in [1.82, 2.24) is 14.9 Å². The average Bonchev–Trinajstić information content (AvgIpc) is 3.50. The molecule has 8 rings (SSSR count). The van der Waals surface area contributed by atoms with E-state index in [2.05, 4.69) is 26.9 Å². The second-order valence-corrected chi connectivity index (χ2v) is 11.6. The molecule has 39 heavy (non-hydrogen) atoms. The van der Waals surface area contributed by atoms with Crippen LogP contribution in [0.1, 0.15) is 43.5 Å². The van der Waals surface area contributed by atoms with Gasteiger partial charge in [0.25, 0.3) is 0 Å². The Kier molecular flexibility index (Phi) is 4.57. The molecule has 0 N–H and O–H groups in total. The Labute approximate surface area is 233 Å². The van der Waals surface area contributed by atoms with Crippen LogP contribution < -0.4 is 0 Å². The van der Waals surface area contributed by atoms with Gasteiger partial charge in [0, 0.05) is 33.6 Å². The summed E-state index contributed by atoms with van der Waals surface area (Å²) in [4.78, 5) is 42.5. The van der Waals surface area contributed by atoms with Crippen molar-refractivity contribution in [3.8, 4) is 11.3 Å². The first kappa shape index (κ1) is 22.9. The van der Waals surface area contributed by atoms with Gasteiger partial charge in [-0.3, -0.25) is 14.5 Å². The fourth-order valence-electron chi connectivity index (χ4n) is 7.59. The molecule has 0 amide bonds. The Hall–Kier alpha value is -4.00. The lowest BCUT2D eigenvalue weighted by molar-refractivity contribution is 0.0462. The smallest absolute Gasteiger partial charge is 0.180 e. The second kappa shape index (κ2) is 7.78. The molecule has 0 bridgehead atoms. The summed E-state index contributed by atoms with van der Waals surface area (Å²) < 4.78 is 0.909. The third-order valence-corrected chi connectivity index (χ3v) is 9.48. The van der Waals surface area contributed by atoms with Crippen LogP contribution in [0.15, 0.2) is 102 Å². The van der Waals surface area contributed by atoms with Gasteiger partial charge in [-0.1, -0.05) is 88.7 Å². The van der Waals surface area contributed by atoms with E-state index in [9.17, 15) is 9.59 Å². The largest absolute Gasteiger partial charge is 0.293 e. The van der Waals surface area contributed by atoms with Crippen molar-refractivity contribution in [3.63, 3.8) is 0 Å². The molecule has 2 aliphatic carbocycles.